The van der Waals surface area contributed by atoms with Gasteiger partial charge in [-0.05, 0) is 30.2 Å². The number of thiazole rings is 1. The maximum atomic E-state index is 12.7. The zero-order valence-electron chi connectivity index (χ0n) is 14.6. The fourth-order valence-electron chi connectivity index (χ4n) is 2.73. The third-order valence-corrected chi connectivity index (χ3v) is 5.36. The van der Waals surface area contributed by atoms with Gasteiger partial charge in [0.2, 0.25) is 5.91 Å². The van der Waals surface area contributed by atoms with Crippen LogP contribution in [0.15, 0.2) is 53.9 Å². The standard InChI is InChI=1S/C20H16Cl2N2O3S/c21-14-6-7-15(16(22)10-14)17-11-28-20(23-17)24-19(27)13(9-18(25)26)8-12-4-2-1-3-5-12/h1-7,10-11,13H,8-9H2,(H,25,26)(H,23,24,27). The van der Waals surface area contributed by atoms with Gasteiger partial charge in [-0.2, -0.15) is 0 Å². The summed E-state index contributed by atoms with van der Waals surface area (Å²) in [6.45, 7) is 0. The number of carbonyl (C=O) groups is 2. The van der Waals surface area contributed by atoms with Crippen LogP contribution in [0.5, 0.6) is 0 Å². The van der Waals surface area contributed by atoms with Gasteiger partial charge in [0.05, 0.1) is 23.1 Å². The molecule has 0 bridgehead atoms. The average Bonchev–Trinajstić information content (AvgIpc) is 3.09. The summed E-state index contributed by atoms with van der Waals surface area (Å²) in [6, 6.07) is 14.4. The molecule has 3 rings (SSSR count). The summed E-state index contributed by atoms with van der Waals surface area (Å²) >= 11 is 13.4. The van der Waals surface area contributed by atoms with Crippen molar-refractivity contribution in [3.05, 3.63) is 69.5 Å². The molecule has 0 fully saturated rings. The minimum absolute atomic E-state index is 0.262. The topological polar surface area (TPSA) is 79.3 Å². The molecule has 1 atom stereocenters. The molecular formula is C20H16Cl2N2O3S. The van der Waals surface area contributed by atoms with Crippen molar-refractivity contribution >= 4 is 51.5 Å². The van der Waals surface area contributed by atoms with Gasteiger partial charge in [-0.3, -0.25) is 9.59 Å². The van der Waals surface area contributed by atoms with Crippen molar-refractivity contribution < 1.29 is 14.7 Å². The molecule has 5 nitrogen and oxygen atoms in total. The summed E-state index contributed by atoms with van der Waals surface area (Å²) in [5, 5.41) is 15.0. The predicted molar refractivity (Wildman–Crippen MR) is 112 cm³/mol. The number of amides is 1. The molecule has 1 unspecified atom stereocenters. The number of hydrogen-bond donors (Lipinski definition) is 2. The van der Waals surface area contributed by atoms with Gasteiger partial charge in [0, 0.05) is 16.0 Å². The lowest BCUT2D eigenvalue weighted by Crippen LogP contribution is -2.27. The Bertz CT molecular complexity index is 992. The molecule has 0 saturated heterocycles. The first-order chi connectivity index (χ1) is 13.4. The molecule has 2 N–H and O–H groups in total. The van der Waals surface area contributed by atoms with Gasteiger partial charge in [0.15, 0.2) is 5.13 Å². The van der Waals surface area contributed by atoms with Crippen LogP contribution >= 0.6 is 34.5 Å². The first-order valence-corrected chi connectivity index (χ1v) is 10.0. The summed E-state index contributed by atoms with van der Waals surface area (Å²) in [5.74, 6) is -2.11. The van der Waals surface area contributed by atoms with Gasteiger partial charge in [0.25, 0.3) is 0 Å². The molecule has 1 amide bonds. The van der Waals surface area contributed by atoms with E-state index in [1.807, 2.05) is 30.3 Å². The van der Waals surface area contributed by atoms with Gasteiger partial charge in [-0.1, -0.05) is 53.5 Å². The van der Waals surface area contributed by atoms with Crippen LogP contribution in [0.4, 0.5) is 5.13 Å². The summed E-state index contributed by atoms with van der Waals surface area (Å²) in [7, 11) is 0. The number of nitrogens with one attached hydrogen (secondary N) is 1. The van der Waals surface area contributed by atoms with Crippen LogP contribution in [0.2, 0.25) is 10.0 Å². The molecule has 0 saturated carbocycles. The number of carboxylic acids is 1. The third-order valence-electron chi connectivity index (χ3n) is 4.06. The molecule has 0 aliphatic rings. The molecule has 0 aliphatic heterocycles. The molecule has 0 radical (unpaired) electrons. The Kier molecular flexibility index (Phi) is 6.67. The molecule has 3 aromatic rings. The van der Waals surface area contributed by atoms with E-state index in [0.717, 1.165) is 5.56 Å². The van der Waals surface area contributed by atoms with Crippen molar-refractivity contribution in [2.24, 2.45) is 5.92 Å². The number of rotatable bonds is 7. The normalized spacial score (nSPS) is 11.8. The van der Waals surface area contributed by atoms with Gasteiger partial charge < -0.3 is 10.4 Å². The zero-order valence-corrected chi connectivity index (χ0v) is 16.9. The molecule has 144 valence electrons. The quantitative estimate of drug-likeness (QED) is 0.522. The lowest BCUT2D eigenvalue weighted by atomic mass is 9.95. The number of benzene rings is 2. The smallest absolute Gasteiger partial charge is 0.304 e. The largest absolute Gasteiger partial charge is 0.481 e. The number of carboxylic acid groups (broad SMARTS) is 1. The molecule has 0 aliphatic carbocycles. The Morgan fingerprint density at radius 2 is 1.89 bits per heavy atom. The van der Waals surface area contributed by atoms with E-state index in [2.05, 4.69) is 10.3 Å². The minimum atomic E-state index is -1.02. The highest BCUT2D eigenvalue weighted by Gasteiger charge is 2.23. The molecule has 0 spiro atoms. The fourth-order valence-corrected chi connectivity index (χ4v) is 3.95. The van der Waals surface area contributed by atoms with E-state index < -0.39 is 11.9 Å². The first kappa shape index (κ1) is 20.3. The summed E-state index contributed by atoms with van der Waals surface area (Å²) in [6.07, 6.45) is 0.0716. The van der Waals surface area contributed by atoms with E-state index in [-0.39, 0.29) is 12.3 Å². The van der Waals surface area contributed by atoms with Crippen LogP contribution in [0, 0.1) is 5.92 Å². The summed E-state index contributed by atoms with van der Waals surface area (Å²) in [4.78, 5) is 28.2. The van der Waals surface area contributed by atoms with Crippen molar-refractivity contribution in [2.75, 3.05) is 5.32 Å². The highest BCUT2D eigenvalue weighted by atomic mass is 35.5. The van der Waals surface area contributed by atoms with E-state index in [0.29, 0.717) is 32.9 Å². The molecule has 28 heavy (non-hydrogen) atoms. The Morgan fingerprint density at radius 3 is 2.57 bits per heavy atom. The Hall–Kier alpha value is -2.41. The van der Waals surface area contributed by atoms with Crippen LogP contribution in [0.3, 0.4) is 0 Å². The van der Waals surface area contributed by atoms with Crippen molar-refractivity contribution in [3.8, 4) is 11.3 Å². The van der Waals surface area contributed by atoms with Crippen molar-refractivity contribution in [1.29, 1.82) is 0 Å². The first-order valence-electron chi connectivity index (χ1n) is 8.40. The molecule has 1 aromatic heterocycles. The van der Waals surface area contributed by atoms with Crippen LogP contribution in [-0.4, -0.2) is 22.0 Å². The van der Waals surface area contributed by atoms with Crippen molar-refractivity contribution in [3.63, 3.8) is 0 Å². The van der Waals surface area contributed by atoms with Crippen LogP contribution in [-0.2, 0) is 16.0 Å². The Labute approximate surface area is 176 Å². The second-order valence-corrected chi connectivity index (χ2v) is 7.84. The third kappa shape index (κ3) is 5.32. The van der Waals surface area contributed by atoms with Crippen molar-refractivity contribution in [1.82, 2.24) is 4.98 Å². The predicted octanol–water partition coefficient (Wildman–Crippen LogP) is 5.39. The highest BCUT2D eigenvalue weighted by Crippen LogP contribution is 2.32. The maximum Gasteiger partial charge on any atom is 0.304 e. The van der Waals surface area contributed by atoms with E-state index in [1.54, 1.807) is 23.6 Å². The minimum Gasteiger partial charge on any atom is -0.481 e. The van der Waals surface area contributed by atoms with Crippen LogP contribution < -0.4 is 5.32 Å². The van der Waals surface area contributed by atoms with Gasteiger partial charge in [-0.25, -0.2) is 4.98 Å². The second kappa shape index (κ2) is 9.19. The Morgan fingerprint density at radius 1 is 1.14 bits per heavy atom. The maximum absolute atomic E-state index is 12.7. The number of anilines is 1. The van der Waals surface area contributed by atoms with Gasteiger partial charge in [-0.15, -0.1) is 11.3 Å². The van der Waals surface area contributed by atoms with Gasteiger partial charge in [0.1, 0.15) is 0 Å². The lowest BCUT2D eigenvalue weighted by Gasteiger charge is -2.14. The van der Waals surface area contributed by atoms with Crippen LogP contribution in [0.1, 0.15) is 12.0 Å². The monoisotopic (exact) mass is 434 g/mol. The highest BCUT2D eigenvalue weighted by molar-refractivity contribution is 7.14. The number of aromatic nitrogens is 1. The van der Waals surface area contributed by atoms with E-state index in [4.69, 9.17) is 28.3 Å². The summed E-state index contributed by atoms with van der Waals surface area (Å²) in [5.41, 5.74) is 2.21. The van der Waals surface area contributed by atoms with E-state index >= 15 is 0 Å². The number of carbonyl (C=O) groups excluding carboxylic acids is 1. The van der Waals surface area contributed by atoms with E-state index in [1.165, 1.54) is 11.3 Å². The second-order valence-electron chi connectivity index (χ2n) is 6.14. The van der Waals surface area contributed by atoms with Crippen LogP contribution in [0.25, 0.3) is 11.3 Å². The average molecular weight is 435 g/mol. The number of hydrogen-bond acceptors (Lipinski definition) is 4. The van der Waals surface area contributed by atoms with Gasteiger partial charge >= 0.3 is 5.97 Å². The molecule has 8 heteroatoms. The summed E-state index contributed by atoms with van der Waals surface area (Å²) < 4.78 is 0. The van der Waals surface area contributed by atoms with Crippen molar-refractivity contribution in [2.45, 2.75) is 12.8 Å². The SMILES string of the molecule is O=C(O)CC(Cc1ccccc1)C(=O)Nc1nc(-c2ccc(Cl)cc2Cl)cs1. The molecule has 1 heterocycles. The van der Waals surface area contributed by atoms with E-state index in [9.17, 15) is 9.59 Å². The number of nitrogens with zero attached hydrogens (tertiary/aromatic N) is 1. The lowest BCUT2D eigenvalue weighted by molar-refractivity contribution is -0.140. The fraction of sp³-hybridized carbons (Fsp3) is 0.150. The zero-order chi connectivity index (χ0) is 20.1. The number of halogens is 2. The molecular weight excluding hydrogens is 419 g/mol. The number of aliphatic carboxylic acids is 1. The Balaban J connectivity index is 1.74. The molecule has 2 aromatic carbocycles.